The molecule has 13 nitrogen and oxygen atoms in total. The molecule has 6 rings (SSSR count). The number of hydrogen-bond acceptors (Lipinski definition) is 9. The van der Waals surface area contributed by atoms with Crippen molar-refractivity contribution in [2.75, 3.05) is 31.6 Å². The number of aliphatic hydroxyl groups excluding tert-OH is 2. The average molecular weight is 535 g/mol. The molecule has 3 aromatic heterocycles. The minimum atomic E-state index is -1.16. The molecule has 0 saturated carbocycles. The summed E-state index contributed by atoms with van der Waals surface area (Å²) in [7, 11) is 0. The van der Waals surface area contributed by atoms with E-state index in [0.717, 1.165) is 30.3 Å². The van der Waals surface area contributed by atoms with Crippen molar-refractivity contribution in [3.8, 4) is 0 Å². The van der Waals surface area contributed by atoms with Gasteiger partial charge in [0.1, 0.15) is 24.6 Å². The van der Waals surface area contributed by atoms with Crippen molar-refractivity contribution < 1.29 is 24.5 Å². The van der Waals surface area contributed by atoms with Crippen molar-refractivity contribution >= 4 is 39.7 Å². The molecule has 1 aromatic carbocycles. The third-order valence-corrected chi connectivity index (χ3v) is 7.37. The number of benzene rings is 1. The number of carbonyl (C=O) groups is 2. The number of carbonyl (C=O) groups excluding carboxylic acids is 2. The molecule has 2 aliphatic heterocycles. The number of aliphatic hydroxyl groups is 2. The summed E-state index contributed by atoms with van der Waals surface area (Å²) in [6.45, 7) is 1.66. The van der Waals surface area contributed by atoms with E-state index in [2.05, 4.69) is 30.6 Å². The normalized spacial score (nSPS) is 23.2. The fraction of sp³-hybridized carbons (Fsp3) is 0.423. The number of amides is 2. The number of aromatic nitrogens is 5. The Hall–Kier alpha value is -4.07. The Kier molecular flexibility index (Phi) is 6.85. The molecule has 0 spiro atoms. The minimum Gasteiger partial charge on any atom is -0.394 e. The van der Waals surface area contributed by atoms with Crippen molar-refractivity contribution in [3.63, 3.8) is 0 Å². The third-order valence-electron chi connectivity index (χ3n) is 7.37. The second-order valence-electron chi connectivity index (χ2n) is 9.83. The molecule has 2 saturated heterocycles. The summed E-state index contributed by atoms with van der Waals surface area (Å²) in [6, 6.07) is 6.28. The topological polar surface area (TPSA) is 171 Å². The smallest absolute Gasteiger partial charge is 0.251 e. The Balaban J connectivity index is 1.20. The molecule has 5 N–H and O–H groups in total. The molecule has 0 unspecified atom stereocenters. The van der Waals surface area contributed by atoms with Gasteiger partial charge in [0.25, 0.3) is 5.91 Å². The SMILES string of the molecule is O=C(N[C@@H]1[C@H](O)[C@@H](CO)O[C@H]1n1cnc2c(NCCCN3CCCC3=O)ncnc21)c1ccc2[nH]ccc2c1. The van der Waals surface area contributed by atoms with Gasteiger partial charge in [0.15, 0.2) is 23.2 Å². The Morgan fingerprint density at radius 3 is 2.95 bits per heavy atom. The Bertz CT molecular complexity index is 1500. The molecule has 2 aliphatic rings. The van der Waals surface area contributed by atoms with Gasteiger partial charge < -0.3 is 35.5 Å². The maximum Gasteiger partial charge on any atom is 0.251 e. The first-order chi connectivity index (χ1) is 19.0. The summed E-state index contributed by atoms with van der Waals surface area (Å²) in [5, 5.41) is 27.8. The van der Waals surface area contributed by atoms with E-state index in [0.29, 0.717) is 42.1 Å². The maximum absolute atomic E-state index is 13.2. The Morgan fingerprint density at radius 1 is 1.23 bits per heavy atom. The van der Waals surface area contributed by atoms with E-state index < -0.39 is 31.1 Å². The van der Waals surface area contributed by atoms with Crippen LogP contribution in [0.25, 0.3) is 22.1 Å². The number of H-pyrrole nitrogens is 1. The number of anilines is 1. The van der Waals surface area contributed by atoms with Gasteiger partial charge >= 0.3 is 0 Å². The first-order valence-electron chi connectivity index (χ1n) is 13.0. The molecule has 39 heavy (non-hydrogen) atoms. The van der Waals surface area contributed by atoms with Crippen LogP contribution in [0.15, 0.2) is 43.1 Å². The predicted octanol–water partition coefficient (Wildman–Crippen LogP) is 0.781. The van der Waals surface area contributed by atoms with Gasteiger partial charge in [-0.2, -0.15) is 0 Å². The third kappa shape index (κ3) is 4.80. The molecule has 204 valence electrons. The van der Waals surface area contributed by atoms with Gasteiger partial charge in [0.2, 0.25) is 5.91 Å². The molecular weight excluding hydrogens is 504 g/mol. The van der Waals surface area contributed by atoms with Crippen molar-refractivity contribution in [3.05, 3.63) is 48.7 Å². The average Bonchev–Trinajstić information content (AvgIpc) is 3.74. The highest BCUT2D eigenvalue weighted by molar-refractivity contribution is 5.98. The van der Waals surface area contributed by atoms with E-state index in [4.69, 9.17) is 4.74 Å². The number of ether oxygens (including phenoxy) is 1. The molecule has 4 aromatic rings. The second kappa shape index (κ2) is 10.6. The molecular formula is C26H30N8O5. The van der Waals surface area contributed by atoms with Gasteiger partial charge in [0.05, 0.1) is 12.9 Å². The van der Waals surface area contributed by atoms with Crippen LogP contribution in [0.2, 0.25) is 0 Å². The van der Waals surface area contributed by atoms with Crippen LogP contribution in [0.3, 0.4) is 0 Å². The summed E-state index contributed by atoms with van der Waals surface area (Å²) < 4.78 is 7.60. The van der Waals surface area contributed by atoms with Crippen LogP contribution in [-0.4, -0.2) is 95.9 Å². The van der Waals surface area contributed by atoms with E-state index in [1.165, 1.54) is 12.7 Å². The van der Waals surface area contributed by atoms with Crippen molar-refractivity contribution in [2.45, 2.75) is 43.7 Å². The molecule has 4 atom stereocenters. The van der Waals surface area contributed by atoms with Crippen LogP contribution >= 0.6 is 0 Å². The molecule has 0 bridgehead atoms. The van der Waals surface area contributed by atoms with Crippen molar-refractivity contribution in [1.29, 1.82) is 0 Å². The largest absolute Gasteiger partial charge is 0.394 e. The van der Waals surface area contributed by atoms with E-state index in [9.17, 15) is 19.8 Å². The van der Waals surface area contributed by atoms with E-state index >= 15 is 0 Å². The lowest BCUT2D eigenvalue weighted by Crippen LogP contribution is -2.46. The zero-order valence-electron chi connectivity index (χ0n) is 21.2. The minimum absolute atomic E-state index is 0.199. The van der Waals surface area contributed by atoms with Crippen LogP contribution < -0.4 is 10.6 Å². The molecule has 5 heterocycles. The van der Waals surface area contributed by atoms with E-state index in [-0.39, 0.29) is 11.8 Å². The quantitative estimate of drug-likeness (QED) is 0.195. The second-order valence-corrected chi connectivity index (χ2v) is 9.83. The number of likely N-dealkylation sites (tertiary alicyclic amines) is 1. The van der Waals surface area contributed by atoms with E-state index in [1.807, 2.05) is 17.0 Å². The number of rotatable bonds is 9. The zero-order valence-corrected chi connectivity index (χ0v) is 21.2. The molecule has 2 amide bonds. The first-order valence-corrected chi connectivity index (χ1v) is 13.0. The Labute approximate surface area is 223 Å². The maximum atomic E-state index is 13.2. The van der Waals surface area contributed by atoms with Gasteiger partial charge in [-0.25, -0.2) is 15.0 Å². The summed E-state index contributed by atoms with van der Waals surface area (Å²) >= 11 is 0. The summed E-state index contributed by atoms with van der Waals surface area (Å²) in [5.41, 5.74) is 2.29. The summed E-state index contributed by atoms with van der Waals surface area (Å²) in [6.07, 6.45) is 4.08. The standard InChI is InChI=1S/C26H30N8O5/c35-12-18-22(37)20(32-25(38)16-4-5-17-15(11-16)6-8-27-17)26(39-18)34-14-31-21-23(29-13-30-24(21)34)28-7-2-10-33-9-1-3-19(33)36/h4-6,8,11,13-14,18,20,22,26-27,35,37H,1-3,7,9-10,12H2,(H,32,38)(H,28,29,30)/t18-,20-,22-,26-/m1/s1. The number of nitrogens with zero attached hydrogens (tertiary/aromatic N) is 5. The lowest BCUT2D eigenvalue weighted by atomic mass is 10.1. The molecule has 2 fully saturated rings. The van der Waals surface area contributed by atoms with Gasteiger partial charge in [-0.05, 0) is 37.1 Å². The highest BCUT2D eigenvalue weighted by atomic mass is 16.5. The predicted molar refractivity (Wildman–Crippen MR) is 141 cm³/mol. The first kappa shape index (κ1) is 25.2. The van der Waals surface area contributed by atoms with Gasteiger partial charge in [-0.3, -0.25) is 14.2 Å². The molecule has 0 radical (unpaired) electrons. The van der Waals surface area contributed by atoms with Crippen molar-refractivity contribution in [2.24, 2.45) is 0 Å². The monoisotopic (exact) mass is 534 g/mol. The van der Waals surface area contributed by atoms with Gasteiger partial charge in [-0.1, -0.05) is 0 Å². The van der Waals surface area contributed by atoms with Crippen molar-refractivity contribution in [1.82, 2.24) is 34.7 Å². The number of imidazole rings is 1. The lowest BCUT2D eigenvalue weighted by molar-refractivity contribution is -0.127. The number of aromatic amines is 1. The van der Waals surface area contributed by atoms with Crippen LogP contribution in [0.5, 0.6) is 0 Å². The number of fused-ring (bicyclic) bond motifs is 2. The number of nitrogens with one attached hydrogen (secondary N) is 3. The van der Waals surface area contributed by atoms with Crippen LogP contribution in [0.1, 0.15) is 35.8 Å². The summed E-state index contributed by atoms with van der Waals surface area (Å²) in [4.78, 5) is 43.1. The lowest BCUT2D eigenvalue weighted by Gasteiger charge is -2.23. The van der Waals surface area contributed by atoms with Crippen LogP contribution in [-0.2, 0) is 9.53 Å². The van der Waals surface area contributed by atoms with E-state index in [1.54, 1.807) is 22.9 Å². The van der Waals surface area contributed by atoms with Gasteiger partial charge in [-0.15, -0.1) is 0 Å². The fourth-order valence-electron chi connectivity index (χ4n) is 5.30. The van der Waals surface area contributed by atoms with Crippen LogP contribution in [0, 0.1) is 0 Å². The summed E-state index contributed by atoms with van der Waals surface area (Å²) in [5.74, 6) is 0.348. The zero-order chi connectivity index (χ0) is 26.9. The molecule has 13 heteroatoms. The number of hydrogen-bond donors (Lipinski definition) is 5. The fourth-order valence-corrected chi connectivity index (χ4v) is 5.30. The molecule has 0 aliphatic carbocycles. The van der Waals surface area contributed by atoms with Gasteiger partial charge in [0, 0.05) is 48.7 Å². The Morgan fingerprint density at radius 2 is 2.13 bits per heavy atom. The highest BCUT2D eigenvalue weighted by Crippen LogP contribution is 2.32. The highest BCUT2D eigenvalue weighted by Gasteiger charge is 2.46. The van der Waals surface area contributed by atoms with Crippen LogP contribution in [0.4, 0.5) is 5.82 Å².